The number of carbonyl (C=O) groups is 3. The number of hydrogen-bond donors (Lipinski definition) is 4. The van der Waals surface area contributed by atoms with Gasteiger partial charge in [-0.05, 0) is 65.0 Å². The van der Waals surface area contributed by atoms with Gasteiger partial charge in [0.15, 0.2) is 5.96 Å². The van der Waals surface area contributed by atoms with Gasteiger partial charge in [-0.15, -0.1) is 0 Å². The molecule has 0 radical (unpaired) electrons. The van der Waals surface area contributed by atoms with Gasteiger partial charge < -0.3 is 31.6 Å². The first-order valence-corrected chi connectivity index (χ1v) is 12.2. The molecular formula is C25H40N6O4. The largest absolute Gasteiger partial charge is 0.444 e. The van der Waals surface area contributed by atoms with Gasteiger partial charge in [0, 0.05) is 19.1 Å². The number of guanidine groups is 1. The normalized spacial score (nSPS) is 17.7. The van der Waals surface area contributed by atoms with Crippen molar-refractivity contribution in [2.75, 3.05) is 19.6 Å². The van der Waals surface area contributed by atoms with Gasteiger partial charge in [-0.25, -0.2) is 4.79 Å². The molecule has 1 fully saturated rings. The lowest BCUT2D eigenvalue weighted by Gasteiger charge is -2.30. The maximum absolute atomic E-state index is 13.0. The van der Waals surface area contributed by atoms with Crippen molar-refractivity contribution in [3.63, 3.8) is 0 Å². The first-order valence-electron chi connectivity index (χ1n) is 12.2. The number of hydrogen-bond acceptors (Lipinski definition) is 6. The van der Waals surface area contributed by atoms with E-state index in [1.165, 1.54) is 0 Å². The third kappa shape index (κ3) is 10.8. The second-order valence-electron chi connectivity index (χ2n) is 9.89. The molecule has 0 saturated carbocycles. The van der Waals surface area contributed by atoms with Crippen molar-refractivity contribution in [2.45, 2.75) is 76.6 Å². The van der Waals surface area contributed by atoms with Crippen molar-refractivity contribution in [1.29, 1.82) is 0 Å². The summed E-state index contributed by atoms with van der Waals surface area (Å²) in [5.74, 6) is -0.180. The Bertz CT molecular complexity index is 851. The number of nitrogens with two attached hydrogens (primary N) is 2. The summed E-state index contributed by atoms with van der Waals surface area (Å²) in [6.07, 6.45) is 3.45. The summed E-state index contributed by atoms with van der Waals surface area (Å²) in [6, 6.07) is 8.66. The Morgan fingerprint density at radius 1 is 1.23 bits per heavy atom. The summed E-state index contributed by atoms with van der Waals surface area (Å²) in [4.78, 5) is 43.0. The molecule has 0 aromatic heterocycles. The molecule has 1 aromatic rings. The van der Waals surface area contributed by atoms with E-state index in [4.69, 9.17) is 16.2 Å². The van der Waals surface area contributed by atoms with Crippen LogP contribution < -0.4 is 22.1 Å². The van der Waals surface area contributed by atoms with Crippen LogP contribution in [0.2, 0.25) is 0 Å². The summed E-state index contributed by atoms with van der Waals surface area (Å²) in [6.45, 7) is 7.08. The Hall–Kier alpha value is -3.14. The fourth-order valence-electron chi connectivity index (χ4n) is 4.13. The van der Waals surface area contributed by atoms with Gasteiger partial charge >= 0.3 is 6.09 Å². The van der Waals surface area contributed by atoms with Crippen molar-refractivity contribution >= 4 is 24.2 Å². The van der Waals surface area contributed by atoms with E-state index in [9.17, 15) is 14.4 Å². The molecule has 10 heteroatoms. The molecule has 1 aliphatic heterocycles. The topological polar surface area (TPSA) is 152 Å². The van der Waals surface area contributed by atoms with E-state index >= 15 is 0 Å². The van der Waals surface area contributed by atoms with Gasteiger partial charge in [0.05, 0.1) is 12.1 Å². The number of benzene rings is 1. The predicted molar refractivity (Wildman–Crippen MR) is 136 cm³/mol. The Morgan fingerprint density at radius 3 is 2.57 bits per heavy atom. The van der Waals surface area contributed by atoms with Crippen LogP contribution in [0, 0.1) is 0 Å². The highest BCUT2D eigenvalue weighted by Gasteiger charge is 2.33. The molecule has 0 spiro atoms. The van der Waals surface area contributed by atoms with E-state index in [2.05, 4.69) is 20.5 Å². The molecule has 10 nitrogen and oxygen atoms in total. The molecule has 0 unspecified atom stereocenters. The molecule has 1 aromatic carbocycles. The summed E-state index contributed by atoms with van der Waals surface area (Å²) in [7, 11) is 0. The van der Waals surface area contributed by atoms with E-state index in [-0.39, 0.29) is 24.0 Å². The van der Waals surface area contributed by atoms with Crippen molar-refractivity contribution in [3.05, 3.63) is 35.9 Å². The highest BCUT2D eigenvalue weighted by molar-refractivity contribution is 5.84. The number of likely N-dealkylation sites (tertiary alicyclic amines) is 1. The average molecular weight is 489 g/mol. The SMILES string of the molecule is CC(C)(C)OC(=O)N[C@H](Cc1ccccc1)CN1CCC[C@H]1C(=O)N[C@H](C=O)CCCN=C(N)N. The number of aliphatic imine (C=N–C) groups is 1. The van der Waals surface area contributed by atoms with E-state index in [0.717, 1.165) is 24.8 Å². The maximum Gasteiger partial charge on any atom is 0.407 e. The second kappa shape index (κ2) is 13.7. The van der Waals surface area contributed by atoms with Gasteiger partial charge in [0.25, 0.3) is 0 Å². The summed E-state index contributed by atoms with van der Waals surface area (Å²) >= 11 is 0. The van der Waals surface area contributed by atoms with Gasteiger partial charge in [-0.3, -0.25) is 14.7 Å². The second-order valence-corrected chi connectivity index (χ2v) is 9.89. The zero-order chi connectivity index (χ0) is 25.8. The van der Waals surface area contributed by atoms with Gasteiger partial charge in [0.2, 0.25) is 5.91 Å². The monoisotopic (exact) mass is 488 g/mol. The third-order valence-electron chi connectivity index (χ3n) is 5.63. The van der Waals surface area contributed by atoms with Crippen LogP contribution >= 0.6 is 0 Å². The van der Waals surface area contributed by atoms with Crippen LogP contribution in [0.25, 0.3) is 0 Å². The van der Waals surface area contributed by atoms with Gasteiger partial charge in [0.1, 0.15) is 11.9 Å². The number of amides is 2. The minimum atomic E-state index is -0.609. The van der Waals surface area contributed by atoms with Crippen LogP contribution in [0.3, 0.4) is 0 Å². The summed E-state index contributed by atoms with van der Waals surface area (Å²) < 4.78 is 5.46. The minimum absolute atomic E-state index is 0.00309. The van der Waals surface area contributed by atoms with Gasteiger partial charge in [-0.1, -0.05) is 30.3 Å². The molecular weight excluding hydrogens is 448 g/mol. The molecule has 3 atom stereocenters. The molecule has 35 heavy (non-hydrogen) atoms. The van der Waals surface area contributed by atoms with E-state index in [1.807, 2.05) is 51.1 Å². The van der Waals surface area contributed by atoms with E-state index in [0.29, 0.717) is 38.8 Å². The van der Waals surface area contributed by atoms with Crippen LogP contribution in [-0.4, -0.2) is 72.5 Å². The number of carbonyl (C=O) groups excluding carboxylic acids is 3. The highest BCUT2D eigenvalue weighted by atomic mass is 16.6. The number of aldehydes is 1. The van der Waals surface area contributed by atoms with Crippen molar-refractivity contribution in [1.82, 2.24) is 15.5 Å². The fraction of sp³-hybridized carbons (Fsp3) is 0.600. The summed E-state index contributed by atoms with van der Waals surface area (Å²) in [5, 5.41) is 5.83. The van der Waals surface area contributed by atoms with Gasteiger partial charge in [-0.2, -0.15) is 0 Å². The van der Waals surface area contributed by atoms with Crippen LogP contribution in [0.5, 0.6) is 0 Å². The highest BCUT2D eigenvalue weighted by Crippen LogP contribution is 2.19. The first kappa shape index (κ1) is 28.1. The Kier molecular flexibility index (Phi) is 11.0. The lowest BCUT2D eigenvalue weighted by atomic mass is 10.0. The lowest BCUT2D eigenvalue weighted by Crippen LogP contribution is -2.52. The number of ether oxygens (including phenoxy) is 1. The number of alkyl carbamates (subject to hydrolysis) is 1. The molecule has 1 heterocycles. The summed E-state index contributed by atoms with van der Waals surface area (Å²) in [5.41, 5.74) is 11.1. The van der Waals surface area contributed by atoms with Crippen molar-refractivity contribution in [3.8, 4) is 0 Å². The molecule has 1 aliphatic rings. The number of nitrogens with zero attached hydrogens (tertiary/aromatic N) is 2. The lowest BCUT2D eigenvalue weighted by molar-refractivity contribution is -0.128. The van der Waals surface area contributed by atoms with Crippen molar-refractivity contribution in [2.24, 2.45) is 16.5 Å². The van der Waals surface area contributed by atoms with Crippen molar-refractivity contribution < 1.29 is 19.1 Å². The molecule has 1 saturated heterocycles. The fourth-order valence-corrected chi connectivity index (χ4v) is 4.13. The Labute approximate surface area is 207 Å². The molecule has 6 N–H and O–H groups in total. The molecule has 0 aliphatic carbocycles. The third-order valence-corrected chi connectivity index (χ3v) is 5.63. The zero-order valence-electron chi connectivity index (χ0n) is 21.0. The van der Waals surface area contributed by atoms with Crippen LogP contribution in [0.15, 0.2) is 35.3 Å². The average Bonchev–Trinajstić information content (AvgIpc) is 3.23. The Morgan fingerprint density at radius 2 is 1.94 bits per heavy atom. The molecule has 0 bridgehead atoms. The zero-order valence-corrected chi connectivity index (χ0v) is 21.0. The van der Waals surface area contributed by atoms with Crippen LogP contribution in [0.1, 0.15) is 52.0 Å². The molecule has 2 rings (SSSR count). The van der Waals surface area contributed by atoms with Crippen LogP contribution in [0.4, 0.5) is 4.79 Å². The molecule has 194 valence electrons. The standard InChI is InChI=1S/C25H40N6O4/c1-25(2,3)35-24(34)30-20(15-18-9-5-4-6-10-18)16-31-14-8-12-21(31)22(33)29-19(17-32)11-7-13-28-23(26)27/h4-6,9-10,17,19-21H,7-8,11-16H2,1-3H3,(H,29,33)(H,30,34)(H4,26,27,28)/t19-,20+,21-/m0/s1. The smallest absolute Gasteiger partial charge is 0.407 e. The predicted octanol–water partition coefficient (Wildman–Crippen LogP) is 1.32. The number of nitrogens with one attached hydrogen (secondary N) is 2. The first-order chi connectivity index (χ1) is 16.6. The van der Waals surface area contributed by atoms with E-state index in [1.54, 1.807) is 0 Å². The number of rotatable bonds is 12. The minimum Gasteiger partial charge on any atom is -0.444 e. The quantitative estimate of drug-likeness (QED) is 0.150. The maximum atomic E-state index is 13.0. The Balaban J connectivity index is 2.01. The van der Waals surface area contributed by atoms with Crippen LogP contribution in [-0.2, 0) is 20.7 Å². The molecule has 2 amide bonds. The van der Waals surface area contributed by atoms with E-state index < -0.39 is 17.7 Å².